The van der Waals surface area contributed by atoms with Crippen molar-refractivity contribution in [3.05, 3.63) is 95.2 Å². The molecule has 0 atom stereocenters. The van der Waals surface area contributed by atoms with E-state index in [1.807, 2.05) is 54.5 Å². The molecule has 0 heterocycles. The molecule has 0 radical (unpaired) electrons. The summed E-state index contributed by atoms with van der Waals surface area (Å²) >= 11 is 0. The Bertz CT molecular complexity index is 923. The first-order valence-corrected chi connectivity index (χ1v) is 11.0. The Balaban J connectivity index is 0.000000508. The highest BCUT2D eigenvalue weighted by atomic mass is 19.4. The van der Waals surface area contributed by atoms with E-state index < -0.39 is 6.36 Å². The van der Waals surface area contributed by atoms with Crippen LogP contribution < -0.4 is 10.1 Å². The maximum absolute atomic E-state index is 11.9. The number of benzene rings is 2. The predicted molar refractivity (Wildman–Crippen MR) is 135 cm³/mol. The molecule has 0 saturated carbocycles. The Morgan fingerprint density at radius 2 is 1.61 bits per heavy atom. The second-order valence-electron chi connectivity index (χ2n) is 7.67. The van der Waals surface area contributed by atoms with E-state index >= 15 is 0 Å². The van der Waals surface area contributed by atoms with E-state index in [4.69, 9.17) is 0 Å². The van der Waals surface area contributed by atoms with E-state index in [-0.39, 0.29) is 5.75 Å². The van der Waals surface area contributed by atoms with Crippen molar-refractivity contribution in [2.75, 3.05) is 0 Å². The second-order valence-corrected chi connectivity index (χ2v) is 7.67. The predicted octanol–water partition coefficient (Wildman–Crippen LogP) is 8.83. The highest BCUT2D eigenvalue weighted by Crippen LogP contribution is 2.28. The zero-order valence-corrected chi connectivity index (χ0v) is 21.0. The Hall–Kier alpha value is -2.95. The van der Waals surface area contributed by atoms with Crippen LogP contribution in [0.2, 0.25) is 0 Å². The zero-order valence-electron chi connectivity index (χ0n) is 21.0. The molecule has 0 aliphatic heterocycles. The molecule has 1 N–H and O–H groups in total. The summed E-state index contributed by atoms with van der Waals surface area (Å²) in [5.41, 5.74) is 8.20. The molecule has 0 bridgehead atoms. The Kier molecular flexibility index (Phi) is 13.6. The van der Waals surface area contributed by atoms with Crippen molar-refractivity contribution < 1.29 is 17.9 Å². The number of alkyl halides is 3. The third-order valence-corrected chi connectivity index (χ3v) is 4.08. The number of allylic oxidation sites excluding steroid dienone is 4. The van der Waals surface area contributed by atoms with Gasteiger partial charge in [-0.25, -0.2) is 0 Å². The van der Waals surface area contributed by atoms with Gasteiger partial charge in [-0.1, -0.05) is 62.4 Å². The van der Waals surface area contributed by atoms with Gasteiger partial charge < -0.3 is 10.1 Å². The van der Waals surface area contributed by atoms with Crippen molar-refractivity contribution in [2.45, 2.75) is 67.8 Å². The zero-order chi connectivity index (χ0) is 25.6. The monoisotopic (exact) mass is 461 g/mol. The van der Waals surface area contributed by atoms with Crippen LogP contribution in [0.4, 0.5) is 13.2 Å². The molecule has 3 rings (SSSR count). The Labute approximate surface area is 197 Å². The third kappa shape index (κ3) is 14.7. The van der Waals surface area contributed by atoms with Crippen molar-refractivity contribution in [3.8, 4) is 5.75 Å². The summed E-state index contributed by atoms with van der Waals surface area (Å²) in [7, 11) is 0. The lowest BCUT2D eigenvalue weighted by molar-refractivity contribution is -0.274. The quantitative estimate of drug-likeness (QED) is 0.383. The van der Waals surface area contributed by atoms with Crippen LogP contribution in [0.3, 0.4) is 0 Å². The number of hydrogen-bond donors (Lipinski definition) is 1. The van der Waals surface area contributed by atoms with Crippen molar-refractivity contribution in [2.24, 2.45) is 0 Å². The molecule has 33 heavy (non-hydrogen) atoms. The topological polar surface area (TPSA) is 21.3 Å². The molecule has 182 valence electrons. The molecule has 0 fully saturated rings. The van der Waals surface area contributed by atoms with Gasteiger partial charge in [0.25, 0.3) is 0 Å². The minimum absolute atomic E-state index is 0.193. The van der Waals surface area contributed by atoms with Gasteiger partial charge in [0.2, 0.25) is 0 Å². The molecular weight excluding hydrogens is 423 g/mol. The van der Waals surface area contributed by atoms with Crippen LogP contribution in [0.5, 0.6) is 5.75 Å². The number of ether oxygens (including phenoxy) is 1. The summed E-state index contributed by atoms with van der Waals surface area (Å²) < 4.78 is 39.6. The first kappa shape index (κ1) is 30.0. The summed E-state index contributed by atoms with van der Waals surface area (Å²) in [6.07, 6.45) is -1.61. The summed E-state index contributed by atoms with van der Waals surface area (Å²) in [6.45, 7) is 21.8. The molecule has 5 heteroatoms. The standard InChI is InChI=1S/C11H11F3O.C11H13N.C4H8.C2H6/c1-3-8(2)9-5-4-6-10(7-9)15-11(12,13)14;1-8(2)12-7-9-3-4-10-6-11(10)5-9;1-4(2)3;1-2/h3-7H,1-2H3;3-5,12H,1,6-7H2,2H3;1H2,2-3H3;1-2H3/b8-3+;;;. The molecule has 2 nitrogen and oxygen atoms in total. The molecule has 1 aliphatic carbocycles. The van der Waals surface area contributed by atoms with Crippen molar-refractivity contribution >= 4 is 5.57 Å². The van der Waals surface area contributed by atoms with E-state index in [0.717, 1.165) is 23.4 Å². The Morgan fingerprint density at radius 3 is 2.09 bits per heavy atom. The van der Waals surface area contributed by atoms with Crippen molar-refractivity contribution in [3.63, 3.8) is 0 Å². The van der Waals surface area contributed by atoms with Crippen LogP contribution in [-0.4, -0.2) is 6.36 Å². The first-order chi connectivity index (χ1) is 15.4. The number of nitrogens with one attached hydrogen (secondary N) is 1. The van der Waals surface area contributed by atoms with Crippen LogP contribution in [-0.2, 0) is 13.0 Å². The van der Waals surface area contributed by atoms with E-state index in [0.29, 0.717) is 0 Å². The highest BCUT2D eigenvalue weighted by molar-refractivity contribution is 5.64. The van der Waals surface area contributed by atoms with Crippen molar-refractivity contribution in [1.82, 2.24) is 5.32 Å². The van der Waals surface area contributed by atoms with Crippen molar-refractivity contribution in [1.29, 1.82) is 0 Å². The first-order valence-electron chi connectivity index (χ1n) is 11.0. The molecule has 0 amide bonds. The van der Waals surface area contributed by atoms with Crippen LogP contribution in [0.15, 0.2) is 73.0 Å². The van der Waals surface area contributed by atoms with E-state index in [9.17, 15) is 13.2 Å². The lowest BCUT2D eigenvalue weighted by atomic mass is 10.1. The molecule has 0 unspecified atom stereocenters. The fraction of sp³-hybridized carbons (Fsp3) is 0.357. The maximum Gasteiger partial charge on any atom is 0.573 e. The van der Waals surface area contributed by atoms with Gasteiger partial charge in [-0.15, -0.1) is 19.8 Å². The number of fused-ring (bicyclic) bond motifs is 1. The van der Waals surface area contributed by atoms with E-state index in [1.165, 1.54) is 46.9 Å². The van der Waals surface area contributed by atoms with Gasteiger partial charge in [-0.3, -0.25) is 0 Å². The lowest BCUT2D eigenvalue weighted by Gasteiger charge is -2.10. The molecule has 0 saturated heterocycles. The van der Waals surface area contributed by atoms with Gasteiger partial charge in [0.1, 0.15) is 5.75 Å². The second kappa shape index (κ2) is 15.0. The average molecular weight is 462 g/mol. The minimum atomic E-state index is -4.64. The fourth-order valence-corrected chi connectivity index (χ4v) is 2.42. The van der Waals surface area contributed by atoms with Gasteiger partial charge >= 0.3 is 6.36 Å². The van der Waals surface area contributed by atoms with Crippen LogP contribution >= 0.6 is 0 Å². The fourth-order valence-electron chi connectivity index (χ4n) is 2.42. The van der Waals surface area contributed by atoms with Gasteiger partial charge in [-0.05, 0) is 81.0 Å². The lowest BCUT2D eigenvalue weighted by Crippen LogP contribution is -2.17. The van der Waals surface area contributed by atoms with E-state index in [2.05, 4.69) is 41.4 Å². The Morgan fingerprint density at radius 1 is 1.00 bits per heavy atom. The SMILES string of the molecule is C/C=C(\C)c1cccc(OC(F)(F)F)c1.C=C(C)C.C=C(C)NCc1ccc2c(c1)C2.CC. The minimum Gasteiger partial charge on any atom is -0.406 e. The number of rotatable bonds is 5. The largest absolute Gasteiger partial charge is 0.573 e. The maximum atomic E-state index is 11.9. The smallest absolute Gasteiger partial charge is 0.406 e. The van der Waals surface area contributed by atoms with Gasteiger partial charge in [0.15, 0.2) is 0 Å². The molecule has 0 spiro atoms. The molecule has 2 aromatic carbocycles. The molecule has 0 aromatic heterocycles. The normalized spacial score (nSPS) is 11.2. The van der Waals surface area contributed by atoms with Gasteiger partial charge in [0, 0.05) is 12.2 Å². The van der Waals surface area contributed by atoms with Gasteiger partial charge in [0.05, 0.1) is 0 Å². The third-order valence-electron chi connectivity index (χ3n) is 4.08. The molecule has 2 aromatic rings. The summed E-state index contributed by atoms with van der Waals surface area (Å²) in [4.78, 5) is 0. The van der Waals surface area contributed by atoms with Crippen LogP contribution in [0.25, 0.3) is 5.57 Å². The van der Waals surface area contributed by atoms with E-state index in [1.54, 1.807) is 6.07 Å². The highest BCUT2D eigenvalue weighted by Gasteiger charge is 2.31. The summed E-state index contributed by atoms with van der Waals surface area (Å²) in [5.74, 6) is -0.193. The number of halogens is 3. The summed E-state index contributed by atoms with van der Waals surface area (Å²) in [6, 6.07) is 12.6. The van der Waals surface area contributed by atoms with Gasteiger partial charge in [-0.2, -0.15) is 0 Å². The number of hydrogen-bond acceptors (Lipinski definition) is 2. The molecule has 1 aliphatic rings. The summed E-state index contributed by atoms with van der Waals surface area (Å²) in [5, 5.41) is 3.22. The van der Waals surface area contributed by atoms with Crippen LogP contribution in [0, 0.1) is 0 Å². The average Bonchev–Trinajstić information content (AvgIpc) is 3.51. The van der Waals surface area contributed by atoms with Crippen LogP contribution in [0.1, 0.15) is 70.7 Å². The molecular formula is C28H38F3NO.